The van der Waals surface area contributed by atoms with Gasteiger partial charge in [0.25, 0.3) is 0 Å². The Labute approximate surface area is 82.9 Å². The van der Waals surface area contributed by atoms with E-state index < -0.39 is 5.60 Å². The highest BCUT2D eigenvalue weighted by atomic mass is 32.2. The van der Waals surface area contributed by atoms with Crippen LogP contribution in [0.25, 0.3) is 0 Å². The molecule has 0 aromatic carbocycles. The Bertz CT molecular complexity index is 188. The molecule has 0 atom stereocenters. The van der Waals surface area contributed by atoms with E-state index in [0.29, 0.717) is 13.1 Å². The van der Waals surface area contributed by atoms with Crippen molar-refractivity contribution in [3.8, 4) is 0 Å². The maximum absolute atomic E-state index is 10.3. The SMILES string of the molecule is OCC1(C2(O)CNC2)CCSCC1. The van der Waals surface area contributed by atoms with Gasteiger partial charge in [-0.15, -0.1) is 0 Å². The van der Waals surface area contributed by atoms with E-state index in [9.17, 15) is 10.2 Å². The van der Waals surface area contributed by atoms with Crippen molar-refractivity contribution in [1.82, 2.24) is 5.32 Å². The van der Waals surface area contributed by atoms with Crippen LogP contribution >= 0.6 is 11.8 Å². The molecule has 76 valence electrons. The second kappa shape index (κ2) is 3.42. The first-order chi connectivity index (χ1) is 6.22. The van der Waals surface area contributed by atoms with Crippen LogP contribution in [0.2, 0.25) is 0 Å². The number of β-amino-alcohol motifs (C(OH)–C–C–N with tert-alkyl or cyclic N) is 1. The summed E-state index contributed by atoms with van der Waals surface area (Å²) in [5.74, 6) is 2.14. The largest absolute Gasteiger partial charge is 0.396 e. The predicted molar refractivity (Wildman–Crippen MR) is 53.9 cm³/mol. The van der Waals surface area contributed by atoms with Crippen molar-refractivity contribution in [3.05, 3.63) is 0 Å². The van der Waals surface area contributed by atoms with Gasteiger partial charge < -0.3 is 15.5 Å². The van der Waals surface area contributed by atoms with Crippen LogP contribution in [-0.2, 0) is 0 Å². The fourth-order valence-corrected chi connectivity index (χ4v) is 3.54. The number of nitrogens with one attached hydrogen (secondary N) is 1. The molecule has 0 aromatic heterocycles. The summed E-state index contributed by atoms with van der Waals surface area (Å²) >= 11 is 1.92. The van der Waals surface area contributed by atoms with Gasteiger partial charge >= 0.3 is 0 Å². The van der Waals surface area contributed by atoms with Crippen LogP contribution in [0, 0.1) is 5.41 Å². The zero-order valence-corrected chi connectivity index (χ0v) is 8.57. The molecule has 0 radical (unpaired) electrons. The molecule has 3 nitrogen and oxygen atoms in total. The third kappa shape index (κ3) is 1.40. The van der Waals surface area contributed by atoms with Gasteiger partial charge in [-0.3, -0.25) is 0 Å². The van der Waals surface area contributed by atoms with E-state index in [1.807, 2.05) is 11.8 Å². The van der Waals surface area contributed by atoms with E-state index in [0.717, 1.165) is 24.3 Å². The first-order valence-electron chi connectivity index (χ1n) is 4.84. The molecule has 0 aromatic rings. The van der Waals surface area contributed by atoms with Gasteiger partial charge in [0, 0.05) is 18.5 Å². The van der Waals surface area contributed by atoms with Crippen molar-refractivity contribution in [2.24, 2.45) is 5.41 Å². The molecule has 2 heterocycles. The average Bonchev–Trinajstić information content (AvgIpc) is 2.15. The van der Waals surface area contributed by atoms with E-state index in [1.54, 1.807) is 0 Å². The van der Waals surface area contributed by atoms with Crippen LogP contribution in [0.1, 0.15) is 12.8 Å². The lowest BCUT2D eigenvalue weighted by Gasteiger charge is -2.53. The van der Waals surface area contributed by atoms with Crippen LogP contribution in [-0.4, -0.2) is 47.0 Å². The van der Waals surface area contributed by atoms with E-state index in [4.69, 9.17) is 0 Å². The smallest absolute Gasteiger partial charge is 0.0973 e. The Kier molecular flexibility index (Phi) is 2.57. The van der Waals surface area contributed by atoms with Gasteiger partial charge in [0.2, 0.25) is 0 Å². The normalized spacial score (nSPS) is 30.9. The van der Waals surface area contributed by atoms with Crippen molar-refractivity contribution in [2.75, 3.05) is 31.2 Å². The first-order valence-corrected chi connectivity index (χ1v) is 6.00. The minimum Gasteiger partial charge on any atom is -0.396 e. The highest BCUT2D eigenvalue weighted by Gasteiger charge is 2.53. The fourth-order valence-electron chi connectivity index (χ4n) is 2.27. The van der Waals surface area contributed by atoms with Gasteiger partial charge in [0.15, 0.2) is 0 Å². The van der Waals surface area contributed by atoms with Gasteiger partial charge in [-0.25, -0.2) is 0 Å². The highest BCUT2D eigenvalue weighted by molar-refractivity contribution is 7.99. The van der Waals surface area contributed by atoms with Crippen LogP contribution in [0.3, 0.4) is 0 Å². The Morgan fingerprint density at radius 2 is 1.85 bits per heavy atom. The highest BCUT2D eigenvalue weighted by Crippen LogP contribution is 2.45. The monoisotopic (exact) mass is 203 g/mol. The minimum absolute atomic E-state index is 0.131. The molecule has 2 fully saturated rings. The van der Waals surface area contributed by atoms with E-state index in [2.05, 4.69) is 5.32 Å². The van der Waals surface area contributed by atoms with Gasteiger partial charge in [-0.2, -0.15) is 11.8 Å². The fraction of sp³-hybridized carbons (Fsp3) is 1.00. The maximum atomic E-state index is 10.3. The number of aliphatic hydroxyl groups excluding tert-OH is 1. The molecule has 2 rings (SSSR count). The lowest BCUT2D eigenvalue weighted by atomic mass is 9.65. The second-order valence-electron chi connectivity index (χ2n) is 4.19. The third-order valence-corrected chi connectivity index (χ3v) is 4.56. The summed E-state index contributed by atoms with van der Waals surface area (Å²) in [7, 11) is 0. The van der Waals surface area contributed by atoms with Crippen LogP contribution in [0.15, 0.2) is 0 Å². The molecule has 2 aliphatic rings. The maximum Gasteiger partial charge on any atom is 0.0973 e. The van der Waals surface area contributed by atoms with Crippen molar-refractivity contribution < 1.29 is 10.2 Å². The molecule has 0 bridgehead atoms. The lowest BCUT2D eigenvalue weighted by molar-refractivity contribution is -0.144. The summed E-state index contributed by atoms with van der Waals surface area (Å²) in [5.41, 5.74) is -0.855. The molecule has 13 heavy (non-hydrogen) atoms. The molecular weight excluding hydrogens is 186 g/mol. The number of thioether (sulfide) groups is 1. The molecule has 0 unspecified atom stereocenters. The van der Waals surface area contributed by atoms with Crippen molar-refractivity contribution in [3.63, 3.8) is 0 Å². The zero-order valence-electron chi connectivity index (χ0n) is 7.75. The van der Waals surface area contributed by atoms with Crippen LogP contribution < -0.4 is 5.32 Å². The standard InChI is InChI=1S/C9H17NO2S/c11-7-8(1-3-13-4-2-8)9(12)5-10-6-9/h10-12H,1-7H2. The molecule has 3 N–H and O–H groups in total. The molecule has 4 heteroatoms. The van der Waals surface area contributed by atoms with Crippen molar-refractivity contribution in [2.45, 2.75) is 18.4 Å². The molecule has 0 spiro atoms. The number of aliphatic hydroxyl groups is 2. The Balaban J connectivity index is 2.12. The van der Waals surface area contributed by atoms with E-state index >= 15 is 0 Å². The first kappa shape index (κ1) is 9.77. The summed E-state index contributed by atoms with van der Waals surface area (Å²) in [6.45, 7) is 1.43. The Hall–Kier alpha value is 0.230. The Morgan fingerprint density at radius 3 is 2.23 bits per heavy atom. The van der Waals surface area contributed by atoms with Gasteiger partial charge in [0.1, 0.15) is 0 Å². The van der Waals surface area contributed by atoms with Crippen LogP contribution in [0.4, 0.5) is 0 Å². The summed E-state index contributed by atoms with van der Waals surface area (Å²) in [6, 6.07) is 0. The van der Waals surface area contributed by atoms with Gasteiger partial charge in [-0.05, 0) is 24.3 Å². The molecule has 0 amide bonds. The quantitative estimate of drug-likeness (QED) is 0.583. The zero-order chi connectivity index (χ0) is 9.36. The summed E-state index contributed by atoms with van der Waals surface area (Å²) in [6.07, 6.45) is 1.90. The lowest BCUT2D eigenvalue weighted by Crippen LogP contribution is -2.70. The Morgan fingerprint density at radius 1 is 1.23 bits per heavy atom. The molecule has 2 aliphatic heterocycles. The topological polar surface area (TPSA) is 52.5 Å². The van der Waals surface area contributed by atoms with Crippen LogP contribution in [0.5, 0.6) is 0 Å². The third-order valence-electron chi connectivity index (χ3n) is 3.57. The van der Waals surface area contributed by atoms with E-state index in [1.165, 1.54) is 0 Å². The molecule has 2 saturated heterocycles. The van der Waals surface area contributed by atoms with Crippen molar-refractivity contribution in [1.29, 1.82) is 0 Å². The average molecular weight is 203 g/mol. The van der Waals surface area contributed by atoms with E-state index in [-0.39, 0.29) is 12.0 Å². The summed E-state index contributed by atoms with van der Waals surface area (Å²) in [4.78, 5) is 0. The second-order valence-corrected chi connectivity index (χ2v) is 5.41. The summed E-state index contributed by atoms with van der Waals surface area (Å²) in [5, 5.41) is 22.8. The minimum atomic E-state index is -0.636. The van der Waals surface area contributed by atoms with Crippen molar-refractivity contribution >= 4 is 11.8 Å². The number of rotatable bonds is 2. The number of hydrogen-bond donors (Lipinski definition) is 3. The van der Waals surface area contributed by atoms with Gasteiger partial charge in [-0.1, -0.05) is 0 Å². The van der Waals surface area contributed by atoms with Gasteiger partial charge in [0.05, 0.1) is 12.2 Å². The molecular formula is C9H17NO2S. The number of hydrogen-bond acceptors (Lipinski definition) is 4. The predicted octanol–water partition coefficient (Wildman–Crippen LogP) is -0.174. The molecule has 0 aliphatic carbocycles. The molecule has 0 saturated carbocycles. The summed E-state index contributed by atoms with van der Waals surface area (Å²) < 4.78 is 0.